The highest BCUT2D eigenvalue weighted by molar-refractivity contribution is 5.24. The van der Waals surface area contributed by atoms with Gasteiger partial charge < -0.3 is 14.7 Å². The Morgan fingerprint density at radius 1 is 1.38 bits per heavy atom. The van der Waals surface area contributed by atoms with Gasteiger partial charge in [-0.3, -0.25) is 0 Å². The second kappa shape index (κ2) is 3.74. The van der Waals surface area contributed by atoms with Gasteiger partial charge >= 0.3 is 6.01 Å². The van der Waals surface area contributed by atoms with Gasteiger partial charge in [-0.15, -0.1) is 0 Å². The van der Waals surface area contributed by atoms with E-state index in [1.165, 1.54) is 0 Å². The summed E-state index contributed by atoms with van der Waals surface area (Å²) in [7, 11) is 0. The second-order valence-electron chi connectivity index (χ2n) is 3.21. The molecular formula is C8H14N4O. The molecule has 1 saturated heterocycles. The van der Waals surface area contributed by atoms with Gasteiger partial charge in [0, 0.05) is 19.6 Å². The van der Waals surface area contributed by atoms with E-state index in [-0.39, 0.29) is 0 Å². The lowest BCUT2D eigenvalue weighted by Gasteiger charge is -2.15. The van der Waals surface area contributed by atoms with Crippen molar-refractivity contribution in [3.8, 4) is 0 Å². The fourth-order valence-corrected chi connectivity index (χ4v) is 1.45. The van der Waals surface area contributed by atoms with Crippen LogP contribution in [0.3, 0.4) is 0 Å². The molecule has 1 aliphatic heterocycles. The number of nitrogens with zero attached hydrogens (tertiary/aromatic N) is 3. The molecule has 5 nitrogen and oxygen atoms in total. The topological polar surface area (TPSA) is 54.2 Å². The van der Waals surface area contributed by atoms with E-state index in [1.807, 2.05) is 6.92 Å². The van der Waals surface area contributed by atoms with E-state index >= 15 is 0 Å². The minimum Gasteiger partial charge on any atom is -0.323 e. The average Bonchev–Trinajstić information content (AvgIpc) is 2.43. The van der Waals surface area contributed by atoms with Crippen molar-refractivity contribution in [3.63, 3.8) is 0 Å². The molecule has 0 aromatic carbocycles. The third-order valence-electron chi connectivity index (χ3n) is 2.13. The fourth-order valence-electron chi connectivity index (χ4n) is 1.45. The maximum Gasteiger partial charge on any atom is 0.324 e. The van der Waals surface area contributed by atoms with Crippen LogP contribution in [-0.4, -0.2) is 36.3 Å². The molecule has 1 aromatic heterocycles. The van der Waals surface area contributed by atoms with Crippen molar-refractivity contribution in [2.24, 2.45) is 0 Å². The predicted molar refractivity (Wildman–Crippen MR) is 48.7 cm³/mol. The maximum absolute atomic E-state index is 5.10. The van der Waals surface area contributed by atoms with Gasteiger partial charge in [-0.1, -0.05) is 5.16 Å². The van der Waals surface area contributed by atoms with Crippen LogP contribution in [0.2, 0.25) is 0 Å². The molecular weight excluding hydrogens is 168 g/mol. The normalized spacial score (nSPS) is 18.7. The zero-order valence-corrected chi connectivity index (χ0v) is 7.79. The summed E-state index contributed by atoms with van der Waals surface area (Å²) >= 11 is 0. The van der Waals surface area contributed by atoms with Gasteiger partial charge in [0.1, 0.15) is 0 Å². The summed E-state index contributed by atoms with van der Waals surface area (Å²) in [6.07, 6.45) is 1.13. The van der Waals surface area contributed by atoms with Crippen LogP contribution in [0, 0.1) is 6.92 Å². The highest BCUT2D eigenvalue weighted by atomic mass is 16.5. The predicted octanol–water partition coefficient (Wildman–Crippen LogP) is 0.178. The number of nitrogens with one attached hydrogen (secondary N) is 1. The Morgan fingerprint density at radius 3 is 3.08 bits per heavy atom. The summed E-state index contributed by atoms with van der Waals surface area (Å²) in [5.74, 6) is 0.701. The van der Waals surface area contributed by atoms with Crippen LogP contribution in [-0.2, 0) is 0 Å². The molecule has 1 aliphatic rings. The Kier molecular flexibility index (Phi) is 2.44. The van der Waals surface area contributed by atoms with E-state index in [9.17, 15) is 0 Å². The number of hydrogen-bond acceptors (Lipinski definition) is 5. The summed E-state index contributed by atoms with van der Waals surface area (Å²) in [5, 5.41) is 7.10. The molecule has 0 unspecified atom stereocenters. The van der Waals surface area contributed by atoms with Gasteiger partial charge in [-0.05, 0) is 19.9 Å². The molecule has 0 aliphatic carbocycles. The average molecular weight is 182 g/mol. The summed E-state index contributed by atoms with van der Waals surface area (Å²) in [6.45, 7) is 5.84. The second-order valence-corrected chi connectivity index (χ2v) is 3.21. The van der Waals surface area contributed by atoms with Crippen LogP contribution < -0.4 is 10.2 Å². The van der Waals surface area contributed by atoms with Crippen LogP contribution in [0.15, 0.2) is 4.52 Å². The van der Waals surface area contributed by atoms with E-state index in [0.29, 0.717) is 11.8 Å². The van der Waals surface area contributed by atoms with Crippen molar-refractivity contribution in [3.05, 3.63) is 5.82 Å². The first-order valence-corrected chi connectivity index (χ1v) is 4.62. The number of rotatable bonds is 1. The molecule has 2 heterocycles. The van der Waals surface area contributed by atoms with Gasteiger partial charge in [-0.25, -0.2) is 0 Å². The monoisotopic (exact) mass is 182 g/mol. The van der Waals surface area contributed by atoms with E-state index in [2.05, 4.69) is 20.4 Å². The molecule has 72 valence electrons. The van der Waals surface area contributed by atoms with Crippen LogP contribution in [0.4, 0.5) is 6.01 Å². The van der Waals surface area contributed by atoms with Crippen molar-refractivity contribution in [2.75, 3.05) is 31.1 Å². The summed E-state index contributed by atoms with van der Waals surface area (Å²) in [4.78, 5) is 6.32. The van der Waals surface area contributed by atoms with Crippen molar-refractivity contribution in [1.82, 2.24) is 15.5 Å². The Bertz CT molecular complexity index is 265. The first kappa shape index (κ1) is 8.50. The third kappa shape index (κ3) is 1.98. The van der Waals surface area contributed by atoms with Crippen molar-refractivity contribution in [1.29, 1.82) is 0 Å². The van der Waals surface area contributed by atoms with E-state index in [4.69, 9.17) is 4.52 Å². The largest absolute Gasteiger partial charge is 0.324 e. The van der Waals surface area contributed by atoms with Gasteiger partial charge in [0.15, 0.2) is 5.82 Å². The van der Waals surface area contributed by atoms with Crippen LogP contribution in [0.25, 0.3) is 0 Å². The molecule has 0 saturated carbocycles. The minimum atomic E-state index is 0.654. The van der Waals surface area contributed by atoms with Gasteiger partial charge in [0.05, 0.1) is 0 Å². The standard InChI is InChI=1S/C8H14N4O/c1-7-10-8(13-11-7)12-5-2-3-9-4-6-12/h9H,2-6H2,1H3. The highest BCUT2D eigenvalue weighted by Gasteiger charge is 2.14. The minimum absolute atomic E-state index is 0.654. The van der Waals surface area contributed by atoms with E-state index in [1.54, 1.807) is 0 Å². The van der Waals surface area contributed by atoms with E-state index in [0.717, 1.165) is 32.6 Å². The Balaban J connectivity index is 2.06. The summed E-state index contributed by atoms with van der Waals surface area (Å²) in [5.41, 5.74) is 0. The van der Waals surface area contributed by atoms with Crippen LogP contribution >= 0.6 is 0 Å². The molecule has 5 heteroatoms. The molecule has 1 fully saturated rings. The zero-order chi connectivity index (χ0) is 9.10. The smallest absolute Gasteiger partial charge is 0.323 e. The summed E-state index contributed by atoms with van der Waals surface area (Å²) < 4.78 is 5.10. The van der Waals surface area contributed by atoms with Crippen LogP contribution in [0.1, 0.15) is 12.2 Å². The number of hydrogen-bond donors (Lipinski definition) is 1. The van der Waals surface area contributed by atoms with Gasteiger partial charge in [0.25, 0.3) is 0 Å². The number of aromatic nitrogens is 2. The number of aryl methyl sites for hydroxylation is 1. The SMILES string of the molecule is Cc1noc(N2CCCNCC2)n1. The first-order valence-electron chi connectivity index (χ1n) is 4.62. The molecule has 0 radical (unpaired) electrons. The lowest BCUT2D eigenvalue weighted by Crippen LogP contribution is -2.28. The Labute approximate surface area is 77.1 Å². The Hall–Kier alpha value is -1.10. The number of anilines is 1. The molecule has 0 amide bonds. The molecule has 1 aromatic rings. The first-order chi connectivity index (χ1) is 6.36. The molecule has 0 spiro atoms. The van der Waals surface area contributed by atoms with Crippen molar-refractivity contribution in [2.45, 2.75) is 13.3 Å². The lowest BCUT2D eigenvalue weighted by molar-refractivity contribution is 0.409. The third-order valence-corrected chi connectivity index (χ3v) is 2.13. The van der Waals surface area contributed by atoms with Gasteiger partial charge in [0.2, 0.25) is 0 Å². The lowest BCUT2D eigenvalue weighted by atomic mass is 10.4. The quantitative estimate of drug-likeness (QED) is 0.671. The van der Waals surface area contributed by atoms with Crippen molar-refractivity contribution >= 4 is 6.01 Å². The van der Waals surface area contributed by atoms with E-state index < -0.39 is 0 Å². The molecule has 2 rings (SSSR count). The summed E-state index contributed by atoms with van der Waals surface area (Å²) in [6, 6.07) is 0.654. The molecule has 13 heavy (non-hydrogen) atoms. The molecule has 1 N–H and O–H groups in total. The zero-order valence-electron chi connectivity index (χ0n) is 7.79. The van der Waals surface area contributed by atoms with Gasteiger partial charge in [-0.2, -0.15) is 4.98 Å². The maximum atomic E-state index is 5.10. The van der Waals surface area contributed by atoms with Crippen molar-refractivity contribution < 1.29 is 4.52 Å². The molecule has 0 atom stereocenters. The highest BCUT2D eigenvalue weighted by Crippen LogP contribution is 2.11. The Morgan fingerprint density at radius 2 is 2.31 bits per heavy atom. The van der Waals surface area contributed by atoms with Crippen LogP contribution in [0.5, 0.6) is 0 Å². The fraction of sp³-hybridized carbons (Fsp3) is 0.750. The molecule has 0 bridgehead atoms.